The van der Waals surface area contributed by atoms with Crippen molar-refractivity contribution in [3.05, 3.63) is 18.0 Å². The molecule has 108 valence electrons. The maximum atomic E-state index is 4.75. The summed E-state index contributed by atoms with van der Waals surface area (Å²) in [6.07, 6.45) is 8.93. The number of aryl methyl sites for hydroxylation is 1. The maximum absolute atomic E-state index is 4.75. The van der Waals surface area contributed by atoms with Crippen molar-refractivity contribution in [2.75, 3.05) is 11.4 Å². The molecule has 0 aromatic carbocycles. The van der Waals surface area contributed by atoms with Crippen molar-refractivity contribution >= 4 is 5.95 Å². The van der Waals surface area contributed by atoms with E-state index in [1.807, 2.05) is 12.3 Å². The first kappa shape index (κ1) is 15.9. The van der Waals surface area contributed by atoms with E-state index in [2.05, 4.69) is 37.6 Å². The summed E-state index contributed by atoms with van der Waals surface area (Å²) in [5.74, 6) is 0.913. The Labute approximate surface area is 118 Å². The third-order valence-corrected chi connectivity index (χ3v) is 3.62. The molecule has 1 aromatic rings. The van der Waals surface area contributed by atoms with Crippen molar-refractivity contribution < 1.29 is 0 Å². The van der Waals surface area contributed by atoms with Crippen molar-refractivity contribution in [1.29, 1.82) is 0 Å². The van der Waals surface area contributed by atoms with E-state index in [1.54, 1.807) is 0 Å². The van der Waals surface area contributed by atoms with Crippen LogP contribution >= 0.6 is 0 Å². The summed E-state index contributed by atoms with van der Waals surface area (Å²) < 4.78 is 0. The van der Waals surface area contributed by atoms with Gasteiger partial charge in [-0.25, -0.2) is 9.97 Å². The molecule has 0 radical (unpaired) electrons. The molecule has 0 spiro atoms. The molecule has 0 aliphatic heterocycles. The van der Waals surface area contributed by atoms with Crippen molar-refractivity contribution in [1.82, 2.24) is 9.97 Å². The predicted molar refractivity (Wildman–Crippen MR) is 82.7 cm³/mol. The summed E-state index contributed by atoms with van der Waals surface area (Å²) in [7, 11) is 0. The molecule has 3 heteroatoms. The summed E-state index contributed by atoms with van der Waals surface area (Å²) in [5.41, 5.74) is 1.18. The van der Waals surface area contributed by atoms with Gasteiger partial charge in [-0.15, -0.1) is 0 Å². The number of unbranched alkanes of at least 4 members (excludes halogenated alkanes) is 2. The highest BCUT2D eigenvalue weighted by Crippen LogP contribution is 2.15. The number of hydrogen-bond donors (Lipinski definition) is 0. The van der Waals surface area contributed by atoms with Gasteiger partial charge in [-0.3, -0.25) is 0 Å². The van der Waals surface area contributed by atoms with Crippen LogP contribution in [0.4, 0.5) is 5.95 Å². The minimum Gasteiger partial charge on any atom is -0.338 e. The van der Waals surface area contributed by atoms with Crippen LogP contribution < -0.4 is 4.90 Å². The Balaban J connectivity index is 2.81. The van der Waals surface area contributed by atoms with Crippen LogP contribution in [0, 0.1) is 0 Å². The summed E-state index contributed by atoms with van der Waals surface area (Å²) >= 11 is 0. The molecule has 3 nitrogen and oxygen atoms in total. The molecule has 0 saturated heterocycles. The largest absolute Gasteiger partial charge is 0.338 e. The molecule has 0 aliphatic carbocycles. The summed E-state index contributed by atoms with van der Waals surface area (Å²) in [6.45, 7) is 9.99. The predicted octanol–water partition coefficient (Wildman–Crippen LogP) is 4.22. The van der Waals surface area contributed by atoms with Crippen molar-refractivity contribution in [3.63, 3.8) is 0 Å². The molecule has 0 bridgehead atoms. The van der Waals surface area contributed by atoms with E-state index in [9.17, 15) is 0 Å². The number of hydrogen-bond acceptors (Lipinski definition) is 3. The minimum absolute atomic E-state index is 0.507. The lowest BCUT2D eigenvalue weighted by Gasteiger charge is -2.28. The van der Waals surface area contributed by atoms with Crippen molar-refractivity contribution in [2.45, 2.75) is 72.3 Å². The van der Waals surface area contributed by atoms with Gasteiger partial charge in [-0.1, -0.05) is 33.6 Å². The van der Waals surface area contributed by atoms with Crippen LogP contribution in [0.2, 0.25) is 0 Å². The SMILES string of the molecule is CCCCc1ccnc(N(CCCC)C(C)CC)n1. The first-order valence-corrected chi connectivity index (χ1v) is 7.81. The Morgan fingerprint density at radius 2 is 1.89 bits per heavy atom. The lowest BCUT2D eigenvalue weighted by Crippen LogP contribution is -2.35. The quantitative estimate of drug-likeness (QED) is 0.668. The Morgan fingerprint density at radius 3 is 2.53 bits per heavy atom. The van der Waals surface area contributed by atoms with Gasteiger partial charge in [0.25, 0.3) is 0 Å². The average Bonchev–Trinajstić information content (AvgIpc) is 2.45. The molecule has 1 rings (SSSR count). The molecule has 1 aromatic heterocycles. The first-order valence-electron chi connectivity index (χ1n) is 7.81. The van der Waals surface area contributed by atoms with Gasteiger partial charge in [0, 0.05) is 24.5 Å². The van der Waals surface area contributed by atoms with Crippen LogP contribution in [0.5, 0.6) is 0 Å². The average molecular weight is 263 g/mol. The van der Waals surface area contributed by atoms with Gasteiger partial charge in [-0.05, 0) is 38.7 Å². The second kappa shape index (κ2) is 8.89. The van der Waals surface area contributed by atoms with Crippen LogP contribution in [0.15, 0.2) is 12.3 Å². The summed E-state index contributed by atoms with van der Waals surface area (Å²) in [6, 6.07) is 2.56. The first-order chi connectivity index (χ1) is 9.22. The third kappa shape index (κ3) is 5.17. The van der Waals surface area contributed by atoms with Gasteiger partial charge in [0.1, 0.15) is 0 Å². The molecule has 1 atom stereocenters. The van der Waals surface area contributed by atoms with Gasteiger partial charge >= 0.3 is 0 Å². The van der Waals surface area contributed by atoms with Crippen LogP contribution in [-0.4, -0.2) is 22.6 Å². The fraction of sp³-hybridized carbons (Fsp3) is 0.750. The molecule has 0 fully saturated rings. The Morgan fingerprint density at radius 1 is 1.16 bits per heavy atom. The molecule has 1 unspecified atom stereocenters. The normalized spacial score (nSPS) is 12.4. The summed E-state index contributed by atoms with van der Waals surface area (Å²) in [4.78, 5) is 11.6. The van der Waals surface area contributed by atoms with E-state index in [1.165, 1.54) is 31.4 Å². The van der Waals surface area contributed by atoms with Crippen LogP contribution in [-0.2, 0) is 6.42 Å². The standard InChI is InChI=1S/C16H29N3/c1-5-8-10-15-11-12-17-16(18-15)19(13-9-6-2)14(4)7-3/h11-12,14H,5-10,13H2,1-4H3. The zero-order valence-corrected chi connectivity index (χ0v) is 13.0. The highest BCUT2D eigenvalue weighted by atomic mass is 15.3. The fourth-order valence-corrected chi connectivity index (χ4v) is 2.09. The maximum Gasteiger partial charge on any atom is 0.225 e. The molecule has 0 aliphatic rings. The highest BCUT2D eigenvalue weighted by molar-refractivity contribution is 5.31. The zero-order chi connectivity index (χ0) is 14.1. The monoisotopic (exact) mass is 263 g/mol. The number of aromatic nitrogens is 2. The smallest absolute Gasteiger partial charge is 0.225 e. The van der Waals surface area contributed by atoms with Gasteiger partial charge in [-0.2, -0.15) is 0 Å². The Bertz CT molecular complexity index is 352. The molecule has 0 N–H and O–H groups in total. The summed E-state index contributed by atoms with van der Waals surface area (Å²) in [5, 5.41) is 0. The van der Waals surface area contributed by atoms with Crippen LogP contribution in [0.1, 0.15) is 65.5 Å². The van der Waals surface area contributed by atoms with E-state index in [0.29, 0.717) is 6.04 Å². The lowest BCUT2D eigenvalue weighted by atomic mass is 10.2. The highest BCUT2D eigenvalue weighted by Gasteiger charge is 2.15. The van der Waals surface area contributed by atoms with E-state index < -0.39 is 0 Å². The van der Waals surface area contributed by atoms with Crippen molar-refractivity contribution in [2.24, 2.45) is 0 Å². The molecule has 1 heterocycles. The van der Waals surface area contributed by atoms with E-state index in [0.717, 1.165) is 25.3 Å². The van der Waals surface area contributed by atoms with Gasteiger partial charge < -0.3 is 4.90 Å². The number of nitrogens with zero attached hydrogens (tertiary/aromatic N) is 3. The van der Waals surface area contributed by atoms with Crippen LogP contribution in [0.25, 0.3) is 0 Å². The lowest BCUT2D eigenvalue weighted by molar-refractivity contribution is 0.580. The second-order valence-electron chi connectivity index (χ2n) is 5.26. The van der Waals surface area contributed by atoms with E-state index in [4.69, 9.17) is 4.98 Å². The van der Waals surface area contributed by atoms with Gasteiger partial charge in [0.2, 0.25) is 5.95 Å². The third-order valence-electron chi connectivity index (χ3n) is 3.62. The van der Waals surface area contributed by atoms with Gasteiger partial charge in [0.15, 0.2) is 0 Å². The minimum atomic E-state index is 0.507. The molecule has 0 saturated carbocycles. The molecule has 19 heavy (non-hydrogen) atoms. The van der Waals surface area contributed by atoms with Crippen LogP contribution in [0.3, 0.4) is 0 Å². The fourth-order valence-electron chi connectivity index (χ4n) is 2.09. The zero-order valence-electron chi connectivity index (χ0n) is 13.0. The topological polar surface area (TPSA) is 29.0 Å². The Hall–Kier alpha value is -1.12. The van der Waals surface area contributed by atoms with E-state index >= 15 is 0 Å². The Kier molecular flexibility index (Phi) is 7.46. The molecular formula is C16H29N3. The van der Waals surface area contributed by atoms with Crippen molar-refractivity contribution in [3.8, 4) is 0 Å². The second-order valence-corrected chi connectivity index (χ2v) is 5.26. The van der Waals surface area contributed by atoms with Gasteiger partial charge in [0.05, 0.1) is 0 Å². The molecular weight excluding hydrogens is 234 g/mol. The number of anilines is 1. The molecule has 0 amide bonds. The van der Waals surface area contributed by atoms with E-state index in [-0.39, 0.29) is 0 Å². The number of rotatable bonds is 9.